The Morgan fingerprint density at radius 1 is 0.919 bits per heavy atom. The number of imidazole rings is 1. The van der Waals surface area contributed by atoms with Crippen LogP contribution >= 0.6 is 23.2 Å². The second-order valence-electron chi connectivity index (χ2n) is 7.91. The van der Waals surface area contributed by atoms with Crippen LogP contribution in [-0.4, -0.2) is 20.1 Å². The summed E-state index contributed by atoms with van der Waals surface area (Å²) in [6.45, 7) is -0.130. The molecule has 0 fully saturated rings. The van der Waals surface area contributed by atoms with Gasteiger partial charge >= 0.3 is 0 Å². The monoisotopic (exact) mass is 546 g/mol. The maximum Gasteiger partial charge on any atom is 0.280 e. The summed E-state index contributed by atoms with van der Waals surface area (Å²) < 4.78 is 54.5. The maximum absolute atomic E-state index is 15.0. The highest BCUT2D eigenvalue weighted by molar-refractivity contribution is 6.31. The second-order valence-corrected chi connectivity index (χ2v) is 8.72. The van der Waals surface area contributed by atoms with Crippen LogP contribution in [0.25, 0.3) is 22.7 Å². The molecule has 0 bridgehead atoms. The van der Waals surface area contributed by atoms with Gasteiger partial charge in [0, 0.05) is 28.6 Å². The molecule has 37 heavy (non-hydrogen) atoms. The van der Waals surface area contributed by atoms with Crippen LogP contribution in [0.1, 0.15) is 17.0 Å². The Kier molecular flexibility index (Phi) is 6.77. The summed E-state index contributed by atoms with van der Waals surface area (Å²) in [7, 11) is 0. The van der Waals surface area contributed by atoms with Crippen molar-refractivity contribution in [3.8, 4) is 28.6 Å². The van der Waals surface area contributed by atoms with Gasteiger partial charge in [-0.25, -0.2) is 23.1 Å². The SMILES string of the molecule is O=c1cc(-c2nc(Cc3cc(F)c(-c4cccc(OCc5ccc(Cl)cc5F)n4)cc3F)[nH]c2Cl)o[nH]1. The molecule has 0 unspecified atom stereocenters. The smallest absolute Gasteiger partial charge is 0.280 e. The van der Waals surface area contributed by atoms with E-state index in [9.17, 15) is 13.6 Å². The molecule has 188 valence electrons. The second kappa shape index (κ2) is 10.2. The van der Waals surface area contributed by atoms with Crippen LogP contribution in [0.2, 0.25) is 10.2 Å². The van der Waals surface area contributed by atoms with E-state index in [2.05, 4.69) is 20.1 Å². The summed E-state index contributed by atoms with van der Waals surface area (Å²) in [5, 5.41) is 2.46. The highest BCUT2D eigenvalue weighted by Crippen LogP contribution is 2.29. The van der Waals surface area contributed by atoms with Gasteiger partial charge in [-0.3, -0.25) is 4.79 Å². The Morgan fingerprint density at radius 3 is 2.49 bits per heavy atom. The molecular weight excluding hydrogens is 532 g/mol. The van der Waals surface area contributed by atoms with Crippen molar-refractivity contribution in [1.29, 1.82) is 0 Å². The van der Waals surface area contributed by atoms with Crippen LogP contribution in [0.15, 0.2) is 63.9 Å². The number of hydrogen-bond acceptors (Lipinski definition) is 5. The van der Waals surface area contributed by atoms with Crippen LogP contribution in [0.5, 0.6) is 5.88 Å². The third-order valence-electron chi connectivity index (χ3n) is 5.35. The van der Waals surface area contributed by atoms with E-state index in [4.69, 9.17) is 32.5 Å². The molecule has 12 heteroatoms. The van der Waals surface area contributed by atoms with Gasteiger partial charge in [-0.05, 0) is 35.9 Å². The topological polar surface area (TPSA) is 96.8 Å². The minimum atomic E-state index is -0.723. The molecule has 5 rings (SSSR count). The van der Waals surface area contributed by atoms with Gasteiger partial charge in [-0.2, -0.15) is 5.16 Å². The van der Waals surface area contributed by atoms with Gasteiger partial charge in [0.05, 0.1) is 11.8 Å². The van der Waals surface area contributed by atoms with Crippen LogP contribution in [0.4, 0.5) is 13.2 Å². The number of aromatic nitrogens is 4. The number of rotatable bonds is 7. The number of benzene rings is 2. The van der Waals surface area contributed by atoms with Crippen molar-refractivity contribution in [1.82, 2.24) is 20.1 Å². The van der Waals surface area contributed by atoms with Gasteiger partial charge in [-0.15, -0.1) is 0 Å². The minimum Gasteiger partial charge on any atom is -0.473 e. The third-order valence-corrected chi connectivity index (χ3v) is 5.86. The molecule has 0 atom stereocenters. The average molecular weight is 547 g/mol. The highest BCUT2D eigenvalue weighted by atomic mass is 35.5. The van der Waals surface area contributed by atoms with Crippen molar-refractivity contribution < 1.29 is 22.4 Å². The highest BCUT2D eigenvalue weighted by Gasteiger charge is 2.18. The first-order valence-electron chi connectivity index (χ1n) is 10.7. The lowest BCUT2D eigenvalue weighted by Crippen LogP contribution is -2.01. The summed E-state index contributed by atoms with van der Waals surface area (Å²) in [6, 6.07) is 12.0. The molecular formula is C25H15Cl2F3N4O3. The van der Waals surface area contributed by atoms with Crippen molar-refractivity contribution in [2.24, 2.45) is 0 Å². The largest absolute Gasteiger partial charge is 0.473 e. The third kappa shape index (κ3) is 5.40. The lowest BCUT2D eigenvalue weighted by atomic mass is 10.0. The Morgan fingerprint density at radius 2 is 1.73 bits per heavy atom. The van der Waals surface area contributed by atoms with E-state index in [1.165, 1.54) is 30.3 Å². The van der Waals surface area contributed by atoms with Crippen molar-refractivity contribution in [2.75, 3.05) is 0 Å². The fraction of sp³-hybridized carbons (Fsp3) is 0.0800. The summed E-state index contributed by atoms with van der Waals surface area (Å²) in [4.78, 5) is 22.5. The quantitative estimate of drug-likeness (QED) is 0.249. The lowest BCUT2D eigenvalue weighted by Gasteiger charge is -2.10. The number of aromatic amines is 2. The molecule has 0 amide bonds. The Bertz CT molecular complexity index is 1670. The maximum atomic E-state index is 15.0. The van der Waals surface area contributed by atoms with Crippen LogP contribution in [-0.2, 0) is 13.0 Å². The molecule has 2 aromatic carbocycles. The fourth-order valence-electron chi connectivity index (χ4n) is 3.58. The van der Waals surface area contributed by atoms with E-state index in [0.717, 1.165) is 18.2 Å². The van der Waals surface area contributed by atoms with Crippen molar-refractivity contribution >= 4 is 23.2 Å². The van der Waals surface area contributed by atoms with E-state index in [-0.39, 0.29) is 68.7 Å². The first kappa shape index (κ1) is 24.7. The van der Waals surface area contributed by atoms with Gasteiger partial charge in [0.25, 0.3) is 5.56 Å². The summed E-state index contributed by atoms with van der Waals surface area (Å²) >= 11 is 11.9. The number of halogens is 5. The number of hydrogen-bond donors (Lipinski definition) is 2. The van der Waals surface area contributed by atoms with E-state index in [1.54, 1.807) is 6.07 Å². The van der Waals surface area contributed by atoms with Gasteiger partial charge in [0.2, 0.25) is 5.88 Å². The van der Waals surface area contributed by atoms with E-state index < -0.39 is 23.0 Å². The number of ether oxygens (including phenoxy) is 1. The predicted octanol–water partition coefficient (Wildman–Crippen LogP) is 6.31. The molecule has 0 saturated heterocycles. The first-order chi connectivity index (χ1) is 17.8. The van der Waals surface area contributed by atoms with E-state index in [0.29, 0.717) is 0 Å². The van der Waals surface area contributed by atoms with Crippen molar-refractivity contribution in [3.05, 3.63) is 110 Å². The summed E-state index contributed by atoms with van der Waals surface area (Å²) in [6.07, 6.45) is -0.110. The lowest BCUT2D eigenvalue weighted by molar-refractivity contribution is 0.288. The zero-order valence-corrected chi connectivity index (χ0v) is 20.1. The predicted molar refractivity (Wildman–Crippen MR) is 130 cm³/mol. The Balaban J connectivity index is 1.35. The van der Waals surface area contributed by atoms with Gasteiger partial charge in [0.15, 0.2) is 5.76 Å². The fourth-order valence-corrected chi connectivity index (χ4v) is 3.98. The zero-order chi connectivity index (χ0) is 26.1. The van der Waals surface area contributed by atoms with Crippen LogP contribution < -0.4 is 10.3 Å². The standard InChI is InChI=1S/C25H15Cl2F3N4O3/c26-14-5-4-12(16(28)8-14)11-36-23-3-1-2-19(31-23)15-9-17(29)13(6-18(15)30)7-21-32-24(25(27)33-21)20-10-22(35)34-37-20/h1-6,8-10H,7,11H2,(H,32,33)(H,34,35). The number of H-pyrrole nitrogens is 2. The molecule has 0 spiro atoms. The van der Waals surface area contributed by atoms with Crippen molar-refractivity contribution in [2.45, 2.75) is 13.0 Å². The summed E-state index contributed by atoms with van der Waals surface area (Å²) in [5.74, 6) is -1.52. The Hall–Kier alpha value is -4.02. The number of nitrogens with zero attached hydrogens (tertiary/aromatic N) is 2. The van der Waals surface area contributed by atoms with Gasteiger partial charge in [-0.1, -0.05) is 35.3 Å². The molecule has 0 saturated carbocycles. The first-order valence-corrected chi connectivity index (χ1v) is 11.5. The Labute approximate surface area is 216 Å². The van der Waals surface area contributed by atoms with Crippen molar-refractivity contribution in [3.63, 3.8) is 0 Å². The van der Waals surface area contributed by atoms with Crippen LogP contribution in [0, 0.1) is 17.5 Å². The zero-order valence-electron chi connectivity index (χ0n) is 18.6. The molecule has 5 aromatic rings. The van der Waals surface area contributed by atoms with E-state index in [1.807, 2.05) is 0 Å². The average Bonchev–Trinajstić information content (AvgIpc) is 3.45. The molecule has 7 nitrogen and oxygen atoms in total. The van der Waals surface area contributed by atoms with Gasteiger partial charge in [0.1, 0.15) is 40.7 Å². The molecule has 3 heterocycles. The molecule has 2 N–H and O–H groups in total. The molecule has 0 aliphatic heterocycles. The minimum absolute atomic E-state index is 0.0133. The normalized spacial score (nSPS) is 11.2. The molecule has 0 radical (unpaired) electrons. The molecule has 0 aliphatic carbocycles. The number of nitrogens with one attached hydrogen (secondary N) is 2. The molecule has 3 aromatic heterocycles. The van der Waals surface area contributed by atoms with E-state index >= 15 is 4.39 Å². The van der Waals surface area contributed by atoms with Gasteiger partial charge < -0.3 is 14.2 Å². The molecule has 0 aliphatic rings. The van der Waals surface area contributed by atoms with Crippen LogP contribution in [0.3, 0.4) is 0 Å². The number of pyridine rings is 1. The summed E-state index contributed by atoms with van der Waals surface area (Å²) in [5.41, 5.74) is 0.00316.